The number of carboxylic acid groups (broad SMARTS) is 1. The summed E-state index contributed by atoms with van der Waals surface area (Å²) in [5.41, 5.74) is 0.127. The molecule has 15 heavy (non-hydrogen) atoms. The van der Waals surface area contributed by atoms with Crippen LogP contribution in [0.4, 0.5) is 0 Å². The van der Waals surface area contributed by atoms with E-state index in [4.69, 9.17) is 21.4 Å². The molecule has 1 rings (SSSR count). The van der Waals surface area contributed by atoms with Crippen molar-refractivity contribution in [3.63, 3.8) is 0 Å². The van der Waals surface area contributed by atoms with Gasteiger partial charge >= 0.3 is 5.97 Å². The van der Waals surface area contributed by atoms with E-state index >= 15 is 0 Å². The monoisotopic (exact) mass is 226 g/mol. The molecule has 0 aliphatic rings. The Bertz CT molecular complexity index is 374. The average Bonchev–Trinajstić information content (AvgIpc) is 2.20. The van der Waals surface area contributed by atoms with Crippen molar-refractivity contribution >= 4 is 17.6 Å². The van der Waals surface area contributed by atoms with Crippen molar-refractivity contribution in [2.75, 3.05) is 6.61 Å². The van der Waals surface area contributed by atoms with Crippen molar-refractivity contribution < 1.29 is 14.6 Å². The van der Waals surface area contributed by atoms with Gasteiger partial charge in [-0.3, -0.25) is 0 Å². The summed E-state index contributed by atoms with van der Waals surface area (Å²) in [5.74, 6) is -0.449. The summed E-state index contributed by atoms with van der Waals surface area (Å²) in [6.45, 7) is 3.65. The minimum absolute atomic E-state index is 0.127. The molecular weight excluding hydrogens is 216 g/mol. The largest absolute Gasteiger partial charge is 0.492 e. The second-order valence-electron chi connectivity index (χ2n) is 2.94. The molecule has 0 fully saturated rings. The van der Waals surface area contributed by atoms with Gasteiger partial charge in [-0.2, -0.15) is 0 Å². The fourth-order valence-corrected chi connectivity index (χ4v) is 1.14. The normalized spacial score (nSPS) is 9.67. The number of benzene rings is 1. The number of para-hydroxylation sites is 1. The van der Waals surface area contributed by atoms with Crippen LogP contribution in [0.3, 0.4) is 0 Å². The molecule has 1 aromatic carbocycles. The lowest BCUT2D eigenvalue weighted by molar-refractivity contribution is -0.132. The second-order valence-corrected chi connectivity index (χ2v) is 3.34. The Balaban J connectivity index is 2.42. The molecule has 1 N–H and O–H groups in total. The van der Waals surface area contributed by atoms with Crippen LogP contribution in [0.2, 0.25) is 5.02 Å². The molecule has 0 radical (unpaired) electrons. The first-order valence-electron chi connectivity index (χ1n) is 4.39. The van der Waals surface area contributed by atoms with E-state index in [0.29, 0.717) is 10.8 Å². The third-order valence-electron chi connectivity index (χ3n) is 1.80. The molecule has 0 atom stereocenters. The zero-order valence-electron chi connectivity index (χ0n) is 8.07. The van der Waals surface area contributed by atoms with Gasteiger partial charge in [0.25, 0.3) is 0 Å². The summed E-state index contributed by atoms with van der Waals surface area (Å²) in [6.07, 6.45) is 0.278. The lowest BCUT2D eigenvalue weighted by atomic mass is 10.2. The number of aliphatic carboxylic acids is 1. The number of rotatable bonds is 5. The molecule has 80 valence electrons. The van der Waals surface area contributed by atoms with Crippen LogP contribution >= 0.6 is 11.6 Å². The fraction of sp³-hybridized carbons (Fsp3) is 0.182. The fourth-order valence-electron chi connectivity index (χ4n) is 0.953. The molecule has 0 heterocycles. The van der Waals surface area contributed by atoms with Gasteiger partial charge in [0.05, 0.1) is 11.6 Å². The van der Waals surface area contributed by atoms with Gasteiger partial charge in [0.1, 0.15) is 5.75 Å². The summed E-state index contributed by atoms with van der Waals surface area (Å²) in [7, 11) is 0. The third-order valence-corrected chi connectivity index (χ3v) is 2.11. The predicted octanol–water partition coefficient (Wildman–Crippen LogP) is 2.75. The molecule has 0 aliphatic carbocycles. The van der Waals surface area contributed by atoms with Crippen molar-refractivity contribution in [1.29, 1.82) is 0 Å². The average molecular weight is 227 g/mol. The molecule has 0 amide bonds. The molecule has 0 spiro atoms. The number of carbonyl (C=O) groups is 1. The van der Waals surface area contributed by atoms with Gasteiger partial charge in [-0.15, -0.1) is 0 Å². The van der Waals surface area contributed by atoms with Crippen LogP contribution in [0.15, 0.2) is 36.4 Å². The van der Waals surface area contributed by atoms with E-state index < -0.39 is 5.97 Å². The van der Waals surface area contributed by atoms with Gasteiger partial charge in [0.15, 0.2) is 0 Å². The van der Waals surface area contributed by atoms with Crippen LogP contribution in [0.5, 0.6) is 5.75 Å². The van der Waals surface area contributed by atoms with Crippen molar-refractivity contribution in [2.45, 2.75) is 6.42 Å². The highest BCUT2D eigenvalue weighted by molar-refractivity contribution is 6.32. The highest BCUT2D eigenvalue weighted by atomic mass is 35.5. The number of hydrogen-bond acceptors (Lipinski definition) is 2. The summed E-state index contributed by atoms with van der Waals surface area (Å²) in [4.78, 5) is 10.4. The summed E-state index contributed by atoms with van der Waals surface area (Å²) in [5, 5.41) is 9.07. The van der Waals surface area contributed by atoms with Crippen molar-refractivity contribution in [1.82, 2.24) is 0 Å². The number of halogens is 1. The van der Waals surface area contributed by atoms with Gasteiger partial charge in [-0.1, -0.05) is 30.3 Å². The second kappa shape index (κ2) is 5.41. The topological polar surface area (TPSA) is 46.5 Å². The van der Waals surface area contributed by atoms with Gasteiger partial charge in [0, 0.05) is 12.0 Å². The van der Waals surface area contributed by atoms with E-state index in [0.717, 1.165) is 0 Å². The van der Waals surface area contributed by atoms with Crippen LogP contribution in [0, 0.1) is 0 Å². The lowest BCUT2D eigenvalue weighted by Crippen LogP contribution is -2.05. The van der Waals surface area contributed by atoms with E-state index in [2.05, 4.69) is 6.58 Å². The third kappa shape index (κ3) is 3.64. The first kappa shape index (κ1) is 11.6. The van der Waals surface area contributed by atoms with Gasteiger partial charge in [-0.05, 0) is 12.1 Å². The Morgan fingerprint density at radius 3 is 2.73 bits per heavy atom. The first-order valence-corrected chi connectivity index (χ1v) is 4.77. The summed E-state index contributed by atoms with van der Waals surface area (Å²) in [6, 6.07) is 7.04. The Morgan fingerprint density at radius 1 is 1.47 bits per heavy atom. The molecular formula is C11H11ClO3. The number of carboxylic acids is 1. The SMILES string of the molecule is C=C(CCOc1ccccc1Cl)C(=O)O. The quantitative estimate of drug-likeness (QED) is 0.786. The van der Waals surface area contributed by atoms with Crippen LogP contribution in [-0.4, -0.2) is 17.7 Å². The maximum Gasteiger partial charge on any atom is 0.331 e. The highest BCUT2D eigenvalue weighted by Gasteiger charge is 2.04. The Morgan fingerprint density at radius 2 is 2.13 bits per heavy atom. The van der Waals surface area contributed by atoms with Crippen LogP contribution in [0.1, 0.15) is 6.42 Å². The Kier molecular flexibility index (Phi) is 4.18. The smallest absolute Gasteiger partial charge is 0.331 e. The van der Waals surface area contributed by atoms with Crippen molar-refractivity contribution in [3.05, 3.63) is 41.4 Å². The minimum atomic E-state index is -1.00. The van der Waals surface area contributed by atoms with Gasteiger partial charge in [-0.25, -0.2) is 4.79 Å². The lowest BCUT2D eigenvalue weighted by Gasteiger charge is -2.07. The molecule has 1 aromatic rings. The molecule has 0 saturated carbocycles. The Labute approximate surface area is 92.9 Å². The molecule has 0 saturated heterocycles. The van der Waals surface area contributed by atoms with E-state index in [9.17, 15) is 4.79 Å². The van der Waals surface area contributed by atoms with E-state index in [1.54, 1.807) is 24.3 Å². The van der Waals surface area contributed by atoms with E-state index in [-0.39, 0.29) is 18.6 Å². The molecule has 0 aliphatic heterocycles. The standard InChI is InChI=1S/C11H11ClO3/c1-8(11(13)14)6-7-15-10-5-3-2-4-9(10)12/h2-5H,1,6-7H2,(H,13,14). The molecule has 0 aromatic heterocycles. The predicted molar refractivity (Wildman–Crippen MR) is 58.3 cm³/mol. The number of ether oxygens (including phenoxy) is 1. The molecule has 3 nitrogen and oxygen atoms in total. The van der Waals surface area contributed by atoms with E-state index in [1.807, 2.05) is 0 Å². The number of hydrogen-bond donors (Lipinski definition) is 1. The van der Waals surface area contributed by atoms with Crippen LogP contribution < -0.4 is 4.74 Å². The van der Waals surface area contributed by atoms with Crippen molar-refractivity contribution in [2.24, 2.45) is 0 Å². The maximum atomic E-state index is 10.4. The van der Waals surface area contributed by atoms with Crippen molar-refractivity contribution in [3.8, 4) is 5.75 Å². The molecule has 0 unspecified atom stereocenters. The zero-order chi connectivity index (χ0) is 11.3. The zero-order valence-corrected chi connectivity index (χ0v) is 8.83. The molecule has 4 heteroatoms. The van der Waals surface area contributed by atoms with Gasteiger partial charge < -0.3 is 9.84 Å². The minimum Gasteiger partial charge on any atom is -0.492 e. The van der Waals surface area contributed by atoms with Gasteiger partial charge in [0.2, 0.25) is 0 Å². The first-order chi connectivity index (χ1) is 7.11. The van der Waals surface area contributed by atoms with Crippen LogP contribution in [-0.2, 0) is 4.79 Å². The van der Waals surface area contributed by atoms with Crippen LogP contribution in [0.25, 0.3) is 0 Å². The summed E-state index contributed by atoms with van der Waals surface area (Å²) < 4.78 is 5.30. The maximum absolute atomic E-state index is 10.4. The highest BCUT2D eigenvalue weighted by Crippen LogP contribution is 2.23. The molecule has 0 bridgehead atoms. The summed E-state index contributed by atoms with van der Waals surface area (Å²) >= 11 is 5.84. The Hall–Kier alpha value is -1.48. The van der Waals surface area contributed by atoms with E-state index in [1.165, 1.54) is 0 Å².